The van der Waals surface area contributed by atoms with E-state index < -0.39 is 11.9 Å². The van der Waals surface area contributed by atoms with E-state index in [1.54, 1.807) is 18.2 Å². The lowest BCUT2D eigenvalue weighted by atomic mass is 10.1. The van der Waals surface area contributed by atoms with Gasteiger partial charge in [0.15, 0.2) is 0 Å². The summed E-state index contributed by atoms with van der Waals surface area (Å²) in [6, 6.07) is 5.27. The number of carboxylic acids is 1. The van der Waals surface area contributed by atoms with Crippen molar-refractivity contribution in [2.24, 2.45) is 0 Å². The molecule has 29 heavy (non-hydrogen) atoms. The molecule has 0 saturated carbocycles. The number of hydrogen-bond acceptors (Lipinski definition) is 5. The van der Waals surface area contributed by atoms with Crippen LogP contribution < -0.4 is 9.47 Å². The zero-order valence-corrected chi connectivity index (χ0v) is 23.6. The van der Waals surface area contributed by atoms with Crippen LogP contribution in [0.15, 0.2) is 24.8 Å². The maximum absolute atomic E-state index is 12.5. The molecule has 0 unspecified atom stereocenters. The van der Waals surface area contributed by atoms with Gasteiger partial charge in [-0.2, -0.15) is 0 Å². The summed E-state index contributed by atoms with van der Waals surface area (Å²) >= 11 is 8.07. The molecule has 0 spiro atoms. The number of hydrogen-bond donors (Lipinski definition) is 1. The molecule has 0 heterocycles. The highest BCUT2D eigenvalue weighted by Crippen LogP contribution is 2.33. The van der Waals surface area contributed by atoms with Gasteiger partial charge >= 0.3 is 11.9 Å². The zero-order valence-electron chi connectivity index (χ0n) is 14.9. The van der Waals surface area contributed by atoms with E-state index in [2.05, 4.69) is 29.2 Å². The second kappa shape index (κ2) is 11.3. The average Bonchev–Trinajstić information content (AvgIpc) is 2.65. The van der Waals surface area contributed by atoms with Crippen molar-refractivity contribution in [1.82, 2.24) is 0 Å². The van der Waals surface area contributed by atoms with Crippen molar-refractivity contribution < 1.29 is 28.9 Å². The van der Waals surface area contributed by atoms with Crippen LogP contribution in [0.5, 0.6) is 11.5 Å². The first-order valence-electron chi connectivity index (χ1n) is 7.91. The molecule has 2 rings (SSSR count). The summed E-state index contributed by atoms with van der Waals surface area (Å²) in [4.78, 5) is 24.0. The highest BCUT2D eigenvalue weighted by Gasteiger charge is 2.21. The van der Waals surface area contributed by atoms with Crippen molar-refractivity contribution in [2.75, 3.05) is 20.3 Å². The smallest absolute Gasteiger partial charge is 0.343 e. The maximum Gasteiger partial charge on any atom is 0.343 e. The van der Waals surface area contributed by atoms with E-state index in [9.17, 15) is 14.7 Å². The van der Waals surface area contributed by atoms with E-state index in [1.165, 1.54) is 7.11 Å². The Balaban J connectivity index is 2.09. The number of esters is 1. The molecule has 0 aliphatic heterocycles. The summed E-state index contributed by atoms with van der Waals surface area (Å²) in [5.41, 5.74) is 1.37. The van der Waals surface area contributed by atoms with E-state index >= 15 is 0 Å². The Kier molecular flexibility index (Phi) is 9.72. The van der Waals surface area contributed by atoms with Crippen LogP contribution in [0.25, 0.3) is 6.08 Å². The Morgan fingerprint density at radius 2 is 1.69 bits per heavy atom. The Hall–Kier alpha value is -0.360. The Labute approximate surface area is 222 Å². The molecule has 154 valence electrons. The minimum absolute atomic E-state index is 0.00181. The molecule has 0 aromatic heterocycles. The summed E-state index contributed by atoms with van der Waals surface area (Å²) in [6.07, 6.45) is 1.67. The number of rotatable bonds is 8. The first-order chi connectivity index (χ1) is 13.7. The largest absolute Gasteiger partial charge is 0.496 e. The van der Waals surface area contributed by atoms with Gasteiger partial charge in [-0.15, -0.1) is 0 Å². The van der Waals surface area contributed by atoms with Crippen molar-refractivity contribution in [3.05, 3.63) is 55.7 Å². The molecule has 0 saturated heterocycles. The number of benzene rings is 2. The second-order valence-electron chi connectivity index (χ2n) is 5.43. The van der Waals surface area contributed by atoms with Gasteiger partial charge in [-0.25, -0.2) is 9.59 Å². The highest BCUT2D eigenvalue weighted by molar-refractivity contribution is 14.1. The van der Waals surface area contributed by atoms with Gasteiger partial charge in [0.2, 0.25) is 0 Å². The maximum atomic E-state index is 12.5. The van der Waals surface area contributed by atoms with Crippen molar-refractivity contribution in [3.8, 4) is 11.5 Å². The topological polar surface area (TPSA) is 82.1 Å². The van der Waals surface area contributed by atoms with Gasteiger partial charge in [0.1, 0.15) is 30.3 Å². The van der Waals surface area contributed by atoms with E-state index in [-0.39, 0.29) is 18.8 Å². The lowest BCUT2D eigenvalue weighted by molar-refractivity contribution is 0.0444. The molecule has 2 aromatic rings. The van der Waals surface area contributed by atoms with Crippen LogP contribution in [0.1, 0.15) is 26.3 Å². The van der Waals surface area contributed by atoms with Gasteiger partial charge in [0.25, 0.3) is 0 Å². The molecule has 0 radical (unpaired) electrons. The van der Waals surface area contributed by atoms with Crippen LogP contribution >= 0.6 is 90.4 Å². The molecule has 0 fully saturated rings. The van der Waals surface area contributed by atoms with Gasteiger partial charge in [-0.3, -0.25) is 0 Å². The minimum atomic E-state index is -1.02. The molecule has 0 bridgehead atoms. The van der Waals surface area contributed by atoms with Gasteiger partial charge in [-0.1, -0.05) is 12.7 Å². The molecule has 0 amide bonds. The number of carbonyl (C=O) groups excluding carboxylic acids is 1. The van der Waals surface area contributed by atoms with Gasteiger partial charge in [-0.05, 0) is 114 Å². The zero-order chi connectivity index (χ0) is 21.7. The minimum Gasteiger partial charge on any atom is -0.496 e. The monoisotopic (exact) mass is 846 g/mol. The molecular formula is C19H14I4O6. The normalized spacial score (nSPS) is 10.4. The Bertz CT molecular complexity index is 974. The predicted octanol–water partition coefficient (Wildman–Crippen LogP) is 5.69. The Morgan fingerprint density at radius 3 is 2.28 bits per heavy atom. The fraction of sp³-hybridized carbons (Fsp3) is 0.158. The van der Waals surface area contributed by atoms with E-state index in [0.717, 1.165) is 9.13 Å². The van der Waals surface area contributed by atoms with Crippen molar-refractivity contribution >= 4 is 108 Å². The Morgan fingerprint density at radius 1 is 1.03 bits per heavy atom. The van der Waals surface area contributed by atoms with Crippen LogP contribution in [0, 0.1) is 14.3 Å². The summed E-state index contributed by atoms with van der Waals surface area (Å²) < 4.78 is 19.0. The first kappa shape index (κ1) is 24.9. The number of carboxylic acid groups (broad SMARTS) is 1. The van der Waals surface area contributed by atoms with Crippen LogP contribution in [-0.4, -0.2) is 37.4 Å². The van der Waals surface area contributed by atoms with Gasteiger partial charge < -0.3 is 19.3 Å². The average molecular weight is 846 g/mol. The van der Waals surface area contributed by atoms with E-state index in [4.69, 9.17) is 14.2 Å². The molecule has 0 aliphatic rings. The number of methoxy groups -OCH3 is 1. The third-order valence-electron chi connectivity index (χ3n) is 3.64. The molecule has 0 atom stereocenters. The fourth-order valence-corrected chi connectivity index (χ4v) is 7.32. The van der Waals surface area contributed by atoms with Crippen LogP contribution in [0.4, 0.5) is 0 Å². The van der Waals surface area contributed by atoms with Gasteiger partial charge in [0.05, 0.1) is 19.8 Å². The van der Waals surface area contributed by atoms with E-state index in [0.29, 0.717) is 27.8 Å². The highest BCUT2D eigenvalue weighted by atomic mass is 127. The van der Waals surface area contributed by atoms with Crippen molar-refractivity contribution in [1.29, 1.82) is 0 Å². The lowest BCUT2D eigenvalue weighted by Gasteiger charge is -2.15. The second-order valence-corrected chi connectivity index (χ2v) is 10.00. The molecule has 10 heteroatoms. The SMILES string of the molecule is C=Cc1cc(I)c(C(=O)OCCOc2c(I)cc(I)c(C(=O)O)c2I)c(OC)c1. The molecule has 2 aromatic carbocycles. The van der Waals surface area contributed by atoms with Crippen LogP contribution in [0.3, 0.4) is 0 Å². The fourth-order valence-electron chi connectivity index (χ4n) is 2.33. The number of carbonyl (C=O) groups is 2. The molecule has 0 aliphatic carbocycles. The predicted molar refractivity (Wildman–Crippen MR) is 143 cm³/mol. The third-order valence-corrected chi connectivity index (χ3v) is 7.17. The molecule has 6 nitrogen and oxygen atoms in total. The summed E-state index contributed by atoms with van der Waals surface area (Å²) in [6.45, 7) is 3.80. The van der Waals surface area contributed by atoms with Crippen LogP contribution in [-0.2, 0) is 4.74 Å². The van der Waals surface area contributed by atoms with Crippen molar-refractivity contribution in [3.63, 3.8) is 0 Å². The third kappa shape index (κ3) is 6.09. The van der Waals surface area contributed by atoms with Crippen LogP contribution in [0.2, 0.25) is 0 Å². The number of ether oxygens (including phenoxy) is 3. The number of aromatic carboxylic acids is 1. The standard InChI is InChI=1S/C19H14I4O6/c1-3-9-6-10(20)14(13(7-9)27-2)19(26)29-5-4-28-17-12(22)8-11(21)15(16(17)23)18(24)25/h3,6-8H,1,4-5H2,2H3,(H,24,25). The summed E-state index contributed by atoms with van der Waals surface area (Å²) in [5.74, 6) is -0.673. The quantitative estimate of drug-likeness (QED) is 0.209. The lowest BCUT2D eigenvalue weighted by Crippen LogP contribution is -2.16. The van der Waals surface area contributed by atoms with E-state index in [1.807, 2.05) is 73.8 Å². The summed E-state index contributed by atoms with van der Waals surface area (Å²) in [5, 5.41) is 9.39. The molecule has 1 N–H and O–H groups in total. The summed E-state index contributed by atoms with van der Waals surface area (Å²) in [7, 11) is 1.48. The number of halogens is 4. The first-order valence-corrected chi connectivity index (χ1v) is 12.2. The molecular weight excluding hydrogens is 832 g/mol. The van der Waals surface area contributed by atoms with Gasteiger partial charge in [0, 0.05) is 7.14 Å². The van der Waals surface area contributed by atoms with Crippen molar-refractivity contribution in [2.45, 2.75) is 0 Å².